The molecule has 0 aliphatic rings. The minimum absolute atomic E-state index is 0.183. The fourth-order valence-corrected chi connectivity index (χ4v) is 1.96. The monoisotopic (exact) mass is 233 g/mol. The lowest BCUT2D eigenvalue weighted by molar-refractivity contribution is -0.385. The van der Waals surface area contributed by atoms with E-state index >= 15 is 0 Å². The van der Waals surface area contributed by atoms with Gasteiger partial charge in [-0.2, -0.15) is 8.42 Å². The first-order valence-corrected chi connectivity index (χ1v) is 5.32. The highest BCUT2D eigenvalue weighted by Crippen LogP contribution is 2.26. The van der Waals surface area contributed by atoms with E-state index in [9.17, 15) is 22.4 Å². The Morgan fingerprint density at radius 2 is 1.87 bits per heavy atom. The number of halogens is 1. The molecule has 0 heterocycles. The molecule has 0 unspecified atom stereocenters. The lowest BCUT2D eigenvalue weighted by Crippen LogP contribution is -2.00. The van der Waals surface area contributed by atoms with E-state index in [0.29, 0.717) is 5.56 Å². The zero-order chi connectivity index (χ0) is 11.8. The van der Waals surface area contributed by atoms with Crippen LogP contribution in [-0.2, 0) is 10.2 Å². The SMILES string of the molecule is Cc1cc([N+](=O)[O-])cc(S(=O)(=O)F)c1C. The average molecular weight is 233 g/mol. The summed E-state index contributed by atoms with van der Waals surface area (Å²) in [5, 5.41) is 10.4. The molecule has 0 saturated heterocycles. The number of non-ortho nitro benzene ring substituents is 1. The van der Waals surface area contributed by atoms with E-state index in [1.165, 1.54) is 19.9 Å². The second-order valence-corrected chi connectivity index (χ2v) is 4.40. The highest BCUT2D eigenvalue weighted by molar-refractivity contribution is 7.86. The van der Waals surface area contributed by atoms with Crippen molar-refractivity contribution < 1.29 is 17.2 Å². The molecular formula is C8H8FNO4S. The van der Waals surface area contributed by atoms with Crippen molar-refractivity contribution in [3.05, 3.63) is 33.4 Å². The molecule has 0 spiro atoms. The molecule has 0 amide bonds. The molecule has 0 aliphatic carbocycles. The van der Waals surface area contributed by atoms with E-state index < -0.39 is 25.7 Å². The topological polar surface area (TPSA) is 77.3 Å². The van der Waals surface area contributed by atoms with Crippen molar-refractivity contribution in [1.82, 2.24) is 0 Å². The highest BCUT2D eigenvalue weighted by Gasteiger charge is 2.21. The van der Waals surface area contributed by atoms with Crippen LogP contribution in [0, 0.1) is 24.0 Å². The van der Waals surface area contributed by atoms with E-state index in [0.717, 1.165) is 6.07 Å². The van der Waals surface area contributed by atoms with Gasteiger partial charge in [-0.05, 0) is 25.0 Å². The van der Waals surface area contributed by atoms with Crippen LogP contribution in [0.1, 0.15) is 11.1 Å². The zero-order valence-corrected chi connectivity index (χ0v) is 8.84. The quantitative estimate of drug-likeness (QED) is 0.444. The first-order valence-electron chi connectivity index (χ1n) is 3.94. The Morgan fingerprint density at radius 3 is 2.27 bits per heavy atom. The Balaban J connectivity index is 3.59. The van der Waals surface area contributed by atoms with Gasteiger partial charge in [0, 0.05) is 12.1 Å². The summed E-state index contributed by atoms with van der Waals surface area (Å²) in [7, 11) is -4.92. The van der Waals surface area contributed by atoms with E-state index in [4.69, 9.17) is 0 Å². The van der Waals surface area contributed by atoms with Crippen LogP contribution < -0.4 is 0 Å². The van der Waals surface area contributed by atoms with Crippen LogP contribution in [-0.4, -0.2) is 13.3 Å². The average Bonchev–Trinajstić information content (AvgIpc) is 2.06. The summed E-state index contributed by atoms with van der Waals surface area (Å²) in [5.41, 5.74) is 0.109. The Kier molecular flexibility index (Phi) is 2.76. The van der Waals surface area contributed by atoms with Gasteiger partial charge in [-0.25, -0.2) is 0 Å². The second kappa shape index (κ2) is 3.58. The number of aryl methyl sites for hydroxylation is 1. The molecule has 82 valence electrons. The van der Waals surface area contributed by atoms with Crippen molar-refractivity contribution in [1.29, 1.82) is 0 Å². The third-order valence-corrected chi connectivity index (χ3v) is 3.03. The first kappa shape index (κ1) is 11.6. The Labute approximate surface area is 85.9 Å². The number of nitrogens with zero attached hydrogens (tertiary/aromatic N) is 1. The van der Waals surface area contributed by atoms with Crippen molar-refractivity contribution in [2.45, 2.75) is 18.7 Å². The largest absolute Gasteiger partial charge is 0.332 e. The standard InChI is InChI=1S/C8H8FNO4S/c1-5-3-7(10(11)12)4-8(6(5)2)15(9,13)14/h3-4H,1-2H3. The Bertz CT molecular complexity index is 524. The van der Waals surface area contributed by atoms with Crippen LogP contribution in [0.2, 0.25) is 0 Å². The maximum absolute atomic E-state index is 12.8. The number of nitro benzene ring substituents is 1. The van der Waals surface area contributed by atoms with E-state index in [-0.39, 0.29) is 5.56 Å². The molecule has 0 aliphatic heterocycles. The van der Waals surface area contributed by atoms with Gasteiger partial charge in [0.05, 0.1) is 4.92 Å². The Hall–Kier alpha value is -1.50. The molecule has 0 N–H and O–H groups in total. The summed E-state index contributed by atoms with van der Waals surface area (Å²) in [6, 6.07) is 1.92. The van der Waals surface area contributed by atoms with Crippen LogP contribution in [0.3, 0.4) is 0 Å². The summed E-state index contributed by atoms with van der Waals surface area (Å²) in [5.74, 6) is 0. The number of benzene rings is 1. The second-order valence-electron chi connectivity index (χ2n) is 3.08. The van der Waals surface area contributed by atoms with E-state index in [2.05, 4.69) is 0 Å². The summed E-state index contributed by atoms with van der Waals surface area (Å²) in [6.45, 7) is 2.88. The van der Waals surface area contributed by atoms with Crippen LogP contribution in [0.15, 0.2) is 17.0 Å². The molecule has 0 bridgehead atoms. The van der Waals surface area contributed by atoms with Gasteiger partial charge in [0.2, 0.25) is 0 Å². The lowest BCUT2D eigenvalue weighted by atomic mass is 10.1. The molecule has 15 heavy (non-hydrogen) atoms. The molecule has 0 atom stereocenters. The van der Waals surface area contributed by atoms with Crippen LogP contribution >= 0.6 is 0 Å². The van der Waals surface area contributed by atoms with Gasteiger partial charge in [-0.1, -0.05) is 0 Å². The number of hydrogen-bond acceptors (Lipinski definition) is 4. The molecule has 0 saturated carbocycles. The first-order chi connectivity index (χ1) is 6.73. The summed E-state index contributed by atoms with van der Waals surface area (Å²) in [6.07, 6.45) is 0. The van der Waals surface area contributed by atoms with Crippen LogP contribution in [0.25, 0.3) is 0 Å². The number of nitro groups is 1. The maximum atomic E-state index is 12.8. The molecule has 7 heteroatoms. The van der Waals surface area contributed by atoms with Gasteiger partial charge in [0.1, 0.15) is 4.90 Å². The minimum Gasteiger partial charge on any atom is -0.258 e. The third kappa shape index (κ3) is 2.30. The van der Waals surface area contributed by atoms with Crippen molar-refractivity contribution in [2.75, 3.05) is 0 Å². The van der Waals surface area contributed by atoms with Gasteiger partial charge in [-0.15, -0.1) is 3.89 Å². The van der Waals surface area contributed by atoms with Gasteiger partial charge in [0.25, 0.3) is 5.69 Å². The molecule has 1 rings (SSSR count). The van der Waals surface area contributed by atoms with Gasteiger partial charge >= 0.3 is 10.2 Å². The minimum atomic E-state index is -4.92. The maximum Gasteiger partial charge on any atom is 0.332 e. The lowest BCUT2D eigenvalue weighted by Gasteiger charge is -2.04. The fraction of sp³-hybridized carbons (Fsp3) is 0.250. The number of hydrogen-bond donors (Lipinski definition) is 0. The van der Waals surface area contributed by atoms with Crippen LogP contribution in [0.5, 0.6) is 0 Å². The van der Waals surface area contributed by atoms with Gasteiger partial charge in [0.15, 0.2) is 0 Å². The summed E-state index contributed by atoms with van der Waals surface area (Å²) in [4.78, 5) is 9.02. The molecule has 0 radical (unpaired) electrons. The van der Waals surface area contributed by atoms with Gasteiger partial charge < -0.3 is 0 Å². The van der Waals surface area contributed by atoms with Crippen LogP contribution in [0.4, 0.5) is 9.57 Å². The summed E-state index contributed by atoms with van der Waals surface area (Å²) >= 11 is 0. The third-order valence-electron chi connectivity index (χ3n) is 2.08. The summed E-state index contributed by atoms with van der Waals surface area (Å²) < 4.78 is 34.1. The molecule has 1 aromatic carbocycles. The number of rotatable bonds is 2. The highest BCUT2D eigenvalue weighted by atomic mass is 32.3. The van der Waals surface area contributed by atoms with Crippen molar-refractivity contribution >= 4 is 15.9 Å². The van der Waals surface area contributed by atoms with Crippen molar-refractivity contribution in [3.8, 4) is 0 Å². The predicted octanol–water partition coefficient (Wildman–Crippen LogP) is 1.87. The fourth-order valence-electron chi connectivity index (χ4n) is 1.17. The molecular weight excluding hydrogens is 225 g/mol. The molecule has 1 aromatic rings. The normalized spacial score (nSPS) is 11.4. The predicted molar refractivity (Wildman–Crippen MR) is 50.9 cm³/mol. The molecule has 5 nitrogen and oxygen atoms in total. The van der Waals surface area contributed by atoms with Crippen molar-refractivity contribution in [3.63, 3.8) is 0 Å². The smallest absolute Gasteiger partial charge is 0.258 e. The molecule has 0 aromatic heterocycles. The Morgan fingerprint density at radius 1 is 1.33 bits per heavy atom. The zero-order valence-electron chi connectivity index (χ0n) is 8.02. The van der Waals surface area contributed by atoms with E-state index in [1.807, 2.05) is 0 Å². The molecule has 0 fully saturated rings. The van der Waals surface area contributed by atoms with Crippen molar-refractivity contribution in [2.24, 2.45) is 0 Å². The van der Waals surface area contributed by atoms with E-state index in [1.54, 1.807) is 0 Å². The van der Waals surface area contributed by atoms with Gasteiger partial charge in [-0.3, -0.25) is 10.1 Å².